The molecule has 0 radical (unpaired) electrons. The van der Waals surface area contributed by atoms with Crippen LogP contribution in [0.15, 0.2) is 48.5 Å². The number of carbonyl (C=O) groups excluding carboxylic acids is 1. The molecule has 0 spiro atoms. The first-order valence-corrected chi connectivity index (χ1v) is 8.64. The molecule has 5 heteroatoms. The molecule has 3 aromatic rings. The Bertz CT molecular complexity index is 969. The van der Waals surface area contributed by atoms with E-state index in [1.54, 1.807) is 0 Å². The van der Waals surface area contributed by atoms with E-state index in [1.807, 2.05) is 67.1 Å². The van der Waals surface area contributed by atoms with Gasteiger partial charge in [0.2, 0.25) is 0 Å². The molecular formula is C21H21N3O2. The van der Waals surface area contributed by atoms with E-state index in [0.717, 1.165) is 22.3 Å². The van der Waals surface area contributed by atoms with Crippen molar-refractivity contribution in [3.63, 3.8) is 0 Å². The molecule has 0 saturated carbocycles. The minimum Gasteiger partial charge on any atom is -0.493 e. The van der Waals surface area contributed by atoms with Gasteiger partial charge in [-0.05, 0) is 37.1 Å². The van der Waals surface area contributed by atoms with Gasteiger partial charge < -0.3 is 9.30 Å². The van der Waals surface area contributed by atoms with Gasteiger partial charge in [0, 0.05) is 13.5 Å². The molecule has 0 aliphatic rings. The molecule has 0 N–H and O–H groups in total. The fourth-order valence-corrected chi connectivity index (χ4v) is 2.99. The highest BCUT2D eigenvalue weighted by Gasteiger charge is 2.25. The standard InChI is InChI=1S/C21H21N3O2/c1-15-8-3-6-12-20(15)26-13-7-11-19(25)16(14-22)21-23-17-9-4-5-10-18(17)24(21)2/h3-6,8-10,12,16H,7,11,13H2,1-2H3. The molecule has 132 valence electrons. The number of benzene rings is 2. The maximum Gasteiger partial charge on any atom is 0.162 e. The molecule has 0 amide bonds. The van der Waals surface area contributed by atoms with Crippen LogP contribution in [-0.4, -0.2) is 21.9 Å². The number of hydrogen-bond donors (Lipinski definition) is 0. The second-order valence-corrected chi connectivity index (χ2v) is 6.26. The first kappa shape index (κ1) is 17.7. The third-order valence-electron chi connectivity index (χ3n) is 4.45. The summed E-state index contributed by atoms with van der Waals surface area (Å²) in [5, 5.41) is 9.51. The van der Waals surface area contributed by atoms with Crippen molar-refractivity contribution in [1.29, 1.82) is 5.26 Å². The van der Waals surface area contributed by atoms with Gasteiger partial charge in [0.15, 0.2) is 11.7 Å². The Balaban J connectivity index is 1.63. The van der Waals surface area contributed by atoms with Gasteiger partial charge in [-0.2, -0.15) is 5.26 Å². The van der Waals surface area contributed by atoms with E-state index in [9.17, 15) is 10.1 Å². The van der Waals surface area contributed by atoms with Crippen LogP contribution in [0, 0.1) is 18.3 Å². The number of para-hydroxylation sites is 3. The molecular weight excluding hydrogens is 326 g/mol. The Morgan fingerprint density at radius 2 is 1.96 bits per heavy atom. The van der Waals surface area contributed by atoms with Crippen LogP contribution in [-0.2, 0) is 11.8 Å². The number of ether oxygens (including phenoxy) is 1. The van der Waals surface area contributed by atoms with Crippen LogP contribution in [0.25, 0.3) is 11.0 Å². The summed E-state index contributed by atoms with van der Waals surface area (Å²) >= 11 is 0. The third-order valence-corrected chi connectivity index (χ3v) is 4.45. The lowest BCUT2D eigenvalue weighted by Gasteiger charge is -2.10. The fourth-order valence-electron chi connectivity index (χ4n) is 2.99. The van der Waals surface area contributed by atoms with Crippen LogP contribution in [0.5, 0.6) is 5.75 Å². The van der Waals surface area contributed by atoms with Crippen LogP contribution < -0.4 is 4.74 Å². The summed E-state index contributed by atoms with van der Waals surface area (Å²) in [6, 6.07) is 17.5. The monoisotopic (exact) mass is 347 g/mol. The number of ketones is 1. The zero-order valence-corrected chi connectivity index (χ0v) is 15.0. The average Bonchev–Trinajstić information content (AvgIpc) is 2.98. The Kier molecular flexibility index (Phi) is 5.33. The lowest BCUT2D eigenvalue weighted by molar-refractivity contribution is -0.119. The average molecular weight is 347 g/mol. The van der Waals surface area contributed by atoms with Crippen molar-refractivity contribution in [2.45, 2.75) is 25.7 Å². The lowest BCUT2D eigenvalue weighted by atomic mass is 10.0. The molecule has 0 aliphatic carbocycles. The Hall–Kier alpha value is -3.13. The summed E-state index contributed by atoms with van der Waals surface area (Å²) in [5.41, 5.74) is 2.77. The molecule has 1 aromatic heterocycles. The molecule has 1 atom stereocenters. The van der Waals surface area contributed by atoms with Gasteiger partial charge in [0.05, 0.1) is 23.7 Å². The minimum absolute atomic E-state index is 0.126. The lowest BCUT2D eigenvalue weighted by Crippen LogP contribution is -2.16. The SMILES string of the molecule is Cc1ccccc1OCCCC(=O)C(C#N)c1nc2ccccc2n1C. The molecule has 5 nitrogen and oxygen atoms in total. The van der Waals surface area contributed by atoms with Gasteiger partial charge in [0.1, 0.15) is 11.6 Å². The quantitative estimate of drug-likeness (QED) is 0.608. The summed E-state index contributed by atoms with van der Waals surface area (Å²) in [4.78, 5) is 17.0. The molecule has 2 aromatic carbocycles. The maximum absolute atomic E-state index is 12.6. The maximum atomic E-state index is 12.6. The molecule has 1 heterocycles. The molecule has 0 saturated heterocycles. The smallest absolute Gasteiger partial charge is 0.162 e. The van der Waals surface area contributed by atoms with E-state index >= 15 is 0 Å². The predicted octanol–water partition coefficient (Wildman–Crippen LogP) is 3.92. The van der Waals surface area contributed by atoms with Crippen molar-refractivity contribution in [2.75, 3.05) is 6.61 Å². The normalized spacial score (nSPS) is 11.9. The van der Waals surface area contributed by atoms with Gasteiger partial charge >= 0.3 is 0 Å². The number of nitriles is 1. The molecule has 1 unspecified atom stereocenters. The highest BCUT2D eigenvalue weighted by Crippen LogP contribution is 2.23. The number of fused-ring (bicyclic) bond motifs is 1. The summed E-state index contributed by atoms with van der Waals surface area (Å²) in [7, 11) is 1.84. The molecule has 0 fully saturated rings. The summed E-state index contributed by atoms with van der Waals surface area (Å²) in [6.07, 6.45) is 0.850. The number of imidazole rings is 1. The van der Waals surface area contributed by atoms with Crippen molar-refractivity contribution < 1.29 is 9.53 Å². The van der Waals surface area contributed by atoms with Gasteiger partial charge in [-0.1, -0.05) is 30.3 Å². The van der Waals surface area contributed by atoms with Crippen molar-refractivity contribution in [2.24, 2.45) is 7.05 Å². The van der Waals surface area contributed by atoms with Crippen LogP contribution in [0.3, 0.4) is 0 Å². The number of hydrogen-bond acceptors (Lipinski definition) is 4. The van der Waals surface area contributed by atoms with E-state index in [1.165, 1.54) is 0 Å². The first-order chi connectivity index (χ1) is 12.6. The molecule has 0 bridgehead atoms. The summed E-state index contributed by atoms with van der Waals surface area (Å²) in [5.74, 6) is 0.343. The summed E-state index contributed by atoms with van der Waals surface area (Å²) < 4.78 is 7.55. The molecule has 3 rings (SSSR count). The minimum atomic E-state index is -0.856. The predicted molar refractivity (Wildman–Crippen MR) is 100.0 cm³/mol. The second-order valence-electron chi connectivity index (χ2n) is 6.26. The van der Waals surface area contributed by atoms with Gasteiger partial charge in [0.25, 0.3) is 0 Å². The number of rotatable bonds is 7. The Morgan fingerprint density at radius 1 is 1.23 bits per heavy atom. The highest BCUT2D eigenvalue weighted by atomic mass is 16.5. The number of carbonyl (C=O) groups is 1. The van der Waals surface area contributed by atoms with Crippen LogP contribution in [0.4, 0.5) is 0 Å². The molecule has 0 aliphatic heterocycles. The third kappa shape index (κ3) is 3.60. The Labute approximate surface area is 152 Å². The van der Waals surface area contributed by atoms with Crippen LogP contribution in [0.2, 0.25) is 0 Å². The van der Waals surface area contributed by atoms with Gasteiger partial charge in [-0.25, -0.2) is 4.98 Å². The van der Waals surface area contributed by atoms with E-state index in [0.29, 0.717) is 18.9 Å². The second kappa shape index (κ2) is 7.83. The largest absolute Gasteiger partial charge is 0.493 e. The highest BCUT2D eigenvalue weighted by molar-refractivity contribution is 5.89. The van der Waals surface area contributed by atoms with Crippen molar-refractivity contribution in [3.05, 3.63) is 59.9 Å². The van der Waals surface area contributed by atoms with Crippen LogP contribution in [0.1, 0.15) is 30.1 Å². The number of aromatic nitrogens is 2. The molecule has 26 heavy (non-hydrogen) atoms. The van der Waals surface area contributed by atoms with E-state index in [-0.39, 0.29) is 12.2 Å². The van der Waals surface area contributed by atoms with E-state index in [2.05, 4.69) is 11.1 Å². The van der Waals surface area contributed by atoms with Gasteiger partial charge in [-0.3, -0.25) is 4.79 Å². The first-order valence-electron chi connectivity index (χ1n) is 8.64. The Morgan fingerprint density at radius 3 is 2.69 bits per heavy atom. The van der Waals surface area contributed by atoms with Crippen molar-refractivity contribution in [3.8, 4) is 11.8 Å². The van der Waals surface area contributed by atoms with E-state index in [4.69, 9.17) is 4.74 Å². The van der Waals surface area contributed by atoms with Crippen molar-refractivity contribution >= 4 is 16.8 Å². The topological polar surface area (TPSA) is 67.9 Å². The summed E-state index contributed by atoms with van der Waals surface area (Å²) in [6.45, 7) is 2.43. The van der Waals surface area contributed by atoms with Crippen molar-refractivity contribution in [1.82, 2.24) is 9.55 Å². The zero-order valence-electron chi connectivity index (χ0n) is 15.0. The number of nitrogens with zero attached hydrogens (tertiary/aromatic N) is 3. The number of Topliss-reactive ketones (excluding diaryl/α,β-unsaturated/α-hetero) is 1. The van der Waals surface area contributed by atoms with Gasteiger partial charge in [-0.15, -0.1) is 0 Å². The van der Waals surface area contributed by atoms with E-state index < -0.39 is 5.92 Å². The zero-order chi connectivity index (χ0) is 18.5. The fraction of sp³-hybridized carbons (Fsp3) is 0.286. The van der Waals surface area contributed by atoms with Crippen LogP contribution >= 0.6 is 0 Å². The number of aryl methyl sites for hydroxylation is 2.